The molecule has 0 amide bonds. The number of hydrogen-bond donors (Lipinski definition) is 4. The van der Waals surface area contributed by atoms with Crippen LogP contribution in [0.4, 0.5) is 5.69 Å². The summed E-state index contributed by atoms with van der Waals surface area (Å²) < 4.78 is 0. The molecule has 1 atom stereocenters. The minimum Gasteiger partial charge on any atom is -0.480 e. The molecule has 2 aromatic carbocycles. The average molecular weight is 340 g/mol. The molecule has 0 aliphatic heterocycles. The van der Waals surface area contributed by atoms with Crippen LogP contribution in [-0.4, -0.2) is 47.1 Å². The summed E-state index contributed by atoms with van der Waals surface area (Å²) >= 11 is 0. The molecule has 2 aromatic rings. The highest BCUT2D eigenvalue weighted by atomic mass is 16.4. The van der Waals surface area contributed by atoms with Gasteiger partial charge in [0, 0.05) is 28.9 Å². The number of carbonyl (C=O) groups is 3. The number of carbonyl (C=O) groups excluding carboxylic acids is 2. The van der Waals surface area contributed by atoms with Crippen molar-refractivity contribution >= 4 is 23.2 Å². The molecule has 0 saturated heterocycles. The number of nitrogens with one attached hydrogen (secondary N) is 2. The van der Waals surface area contributed by atoms with Gasteiger partial charge in [-0.15, -0.1) is 0 Å². The van der Waals surface area contributed by atoms with Gasteiger partial charge in [-0.1, -0.05) is 36.4 Å². The first-order valence-corrected chi connectivity index (χ1v) is 7.67. The Labute approximate surface area is 143 Å². The second-order valence-corrected chi connectivity index (χ2v) is 5.62. The number of benzene rings is 2. The summed E-state index contributed by atoms with van der Waals surface area (Å²) in [5, 5.41) is 23.9. The lowest BCUT2D eigenvalue weighted by Gasteiger charge is -2.22. The predicted octanol–water partition coefficient (Wildman–Crippen LogP) is 0.866. The van der Waals surface area contributed by atoms with E-state index < -0.39 is 12.2 Å². The summed E-state index contributed by atoms with van der Waals surface area (Å²) in [6.07, 6.45) is -1.12. The number of carboxylic acid groups (broad SMARTS) is 1. The molecule has 0 radical (unpaired) electrons. The van der Waals surface area contributed by atoms with Crippen LogP contribution in [0.3, 0.4) is 0 Å². The fourth-order valence-electron chi connectivity index (χ4n) is 2.81. The van der Waals surface area contributed by atoms with Crippen molar-refractivity contribution in [3.8, 4) is 0 Å². The number of hydrogen-bond acceptors (Lipinski definition) is 6. The van der Waals surface area contributed by atoms with Gasteiger partial charge in [0.25, 0.3) is 0 Å². The van der Waals surface area contributed by atoms with Crippen molar-refractivity contribution in [2.24, 2.45) is 0 Å². The topological polar surface area (TPSA) is 116 Å². The number of aliphatic hydroxyl groups excluding tert-OH is 1. The van der Waals surface area contributed by atoms with E-state index in [0.29, 0.717) is 16.8 Å². The second-order valence-electron chi connectivity index (χ2n) is 5.62. The summed E-state index contributed by atoms with van der Waals surface area (Å²) in [5.41, 5.74) is 1.51. The lowest BCUT2D eigenvalue weighted by molar-refractivity contribution is -0.136. The zero-order valence-corrected chi connectivity index (χ0v) is 13.2. The van der Waals surface area contributed by atoms with Crippen molar-refractivity contribution in [1.82, 2.24) is 5.32 Å². The molecule has 1 aliphatic carbocycles. The molecule has 1 unspecified atom stereocenters. The van der Waals surface area contributed by atoms with E-state index in [1.165, 1.54) is 0 Å². The molecule has 0 saturated carbocycles. The van der Waals surface area contributed by atoms with Gasteiger partial charge in [0.15, 0.2) is 11.6 Å². The van der Waals surface area contributed by atoms with Crippen LogP contribution >= 0.6 is 0 Å². The minimum absolute atomic E-state index is 0.0330. The van der Waals surface area contributed by atoms with Crippen molar-refractivity contribution < 1.29 is 24.6 Å². The third kappa shape index (κ3) is 3.28. The van der Waals surface area contributed by atoms with Gasteiger partial charge in [-0.2, -0.15) is 0 Å². The minimum atomic E-state index is -1.12. The van der Waals surface area contributed by atoms with Crippen LogP contribution in [-0.2, 0) is 4.79 Å². The third-order valence-corrected chi connectivity index (χ3v) is 3.89. The predicted molar refractivity (Wildman–Crippen MR) is 89.9 cm³/mol. The van der Waals surface area contributed by atoms with E-state index in [0.717, 1.165) is 0 Å². The van der Waals surface area contributed by atoms with Gasteiger partial charge in [0.1, 0.15) is 6.23 Å². The van der Waals surface area contributed by atoms with Gasteiger partial charge in [0.2, 0.25) is 0 Å². The number of rotatable bonds is 6. The highest BCUT2D eigenvalue weighted by Gasteiger charge is 2.31. The van der Waals surface area contributed by atoms with E-state index in [9.17, 15) is 19.5 Å². The van der Waals surface area contributed by atoms with Crippen LogP contribution in [0.25, 0.3) is 0 Å². The summed E-state index contributed by atoms with van der Waals surface area (Å²) in [6, 6.07) is 11.4. The normalized spacial score (nSPS) is 13.8. The largest absolute Gasteiger partial charge is 0.480 e. The maximum absolute atomic E-state index is 12.8. The summed E-state index contributed by atoms with van der Waals surface area (Å²) in [5.74, 6) is -1.58. The molecule has 0 fully saturated rings. The molecule has 0 heterocycles. The lowest BCUT2D eigenvalue weighted by atomic mass is 9.83. The van der Waals surface area contributed by atoms with Gasteiger partial charge in [0.05, 0.1) is 12.1 Å². The van der Waals surface area contributed by atoms with Crippen molar-refractivity contribution in [2.75, 3.05) is 18.4 Å². The van der Waals surface area contributed by atoms with Crippen LogP contribution in [0.1, 0.15) is 31.8 Å². The molecule has 1 aliphatic rings. The van der Waals surface area contributed by atoms with Crippen LogP contribution in [0, 0.1) is 0 Å². The van der Waals surface area contributed by atoms with E-state index in [4.69, 9.17) is 5.11 Å². The van der Waals surface area contributed by atoms with Crippen molar-refractivity contribution in [1.29, 1.82) is 0 Å². The smallest absolute Gasteiger partial charge is 0.317 e. The summed E-state index contributed by atoms with van der Waals surface area (Å²) in [7, 11) is 0. The molecular formula is C18H16N2O5. The van der Waals surface area contributed by atoms with Gasteiger partial charge >= 0.3 is 5.97 Å². The van der Waals surface area contributed by atoms with Gasteiger partial charge < -0.3 is 20.8 Å². The van der Waals surface area contributed by atoms with Crippen LogP contribution in [0.5, 0.6) is 0 Å². The Morgan fingerprint density at radius 2 is 1.60 bits per heavy atom. The van der Waals surface area contributed by atoms with E-state index in [-0.39, 0.29) is 35.8 Å². The van der Waals surface area contributed by atoms with Gasteiger partial charge in [-0.3, -0.25) is 14.4 Å². The number of aliphatic carboxylic acids is 1. The fraction of sp³-hybridized carbons (Fsp3) is 0.167. The number of carboxylic acids is 1. The molecular weight excluding hydrogens is 324 g/mol. The number of fused-ring (bicyclic) bond motifs is 2. The van der Waals surface area contributed by atoms with Crippen LogP contribution < -0.4 is 10.6 Å². The quantitative estimate of drug-likeness (QED) is 0.492. The molecule has 25 heavy (non-hydrogen) atoms. The molecule has 7 heteroatoms. The Balaban J connectivity index is 1.88. The first-order valence-electron chi connectivity index (χ1n) is 7.67. The van der Waals surface area contributed by atoms with E-state index in [1.807, 2.05) is 0 Å². The monoisotopic (exact) mass is 340 g/mol. The van der Waals surface area contributed by atoms with Crippen molar-refractivity contribution in [3.63, 3.8) is 0 Å². The highest BCUT2D eigenvalue weighted by molar-refractivity contribution is 6.30. The van der Waals surface area contributed by atoms with Crippen LogP contribution in [0.15, 0.2) is 42.5 Å². The molecule has 0 spiro atoms. The Morgan fingerprint density at radius 3 is 2.28 bits per heavy atom. The molecule has 4 N–H and O–H groups in total. The summed E-state index contributed by atoms with van der Waals surface area (Å²) in [4.78, 5) is 35.9. The maximum Gasteiger partial charge on any atom is 0.317 e. The first-order chi connectivity index (χ1) is 12.0. The number of aliphatic hydroxyl groups is 1. The maximum atomic E-state index is 12.8. The molecule has 3 rings (SSSR count). The van der Waals surface area contributed by atoms with Crippen LogP contribution in [0.2, 0.25) is 0 Å². The van der Waals surface area contributed by atoms with E-state index in [1.54, 1.807) is 42.5 Å². The Hall–Kier alpha value is -3.03. The van der Waals surface area contributed by atoms with E-state index in [2.05, 4.69) is 10.6 Å². The van der Waals surface area contributed by atoms with Gasteiger partial charge in [-0.05, 0) is 6.07 Å². The SMILES string of the molecule is O=C(O)CNCC(O)Nc1cccc2c1C(=O)c1ccccc1C2=O. The molecule has 0 aromatic heterocycles. The van der Waals surface area contributed by atoms with Crippen molar-refractivity contribution in [2.45, 2.75) is 6.23 Å². The zero-order valence-electron chi connectivity index (χ0n) is 13.2. The zero-order chi connectivity index (χ0) is 18.0. The number of ketones is 2. The molecule has 7 nitrogen and oxygen atoms in total. The van der Waals surface area contributed by atoms with E-state index >= 15 is 0 Å². The Morgan fingerprint density at radius 1 is 0.960 bits per heavy atom. The third-order valence-electron chi connectivity index (χ3n) is 3.89. The molecule has 0 bridgehead atoms. The Kier molecular flexibility index (Phi) is 4.60. The molecule has 128 valence electrons. The average Bonchev–Trinajstić information content (AvgIpc) is 2.59. The first kappa shape index (κ1) is 16.8. The highest BCUT2D eigenvalue weighted by Crippen LogP contribution is 2.31. The van der Waals surface area contributed by atoms with Gasteiger partial charge in [-0.25, -0.2) is 0 Å². The van der Waals surface area contributed by atoms with Crippen molar-refractivity contribution in [3.05, 3.63) is 64.7 Å². The lowest BCUT2D eigenvalue weighted by Crippen LogP contribution is -2.36. The second kappa shape index (κ2) is 6.84. The standard InChI is InChI=1S/C18H16N2O5/c21-14(8-19-9-15(22)23)20-13-7-3-6-12-16(13)18(25)11-5-2-1-4-10(11)17(12)24/h1-7,14,19-21H,8-9H2,(H,22,23). The fourth-order valence-corrected chi connectivity index (χ4v) is 2.81. The summed E-state index contributed by atoms with van der Waals surface area (Å²) in [6.45, 7) is -0.328. The Bertz CT molecular complexity index is 862. The number of anilines is 1.